The topological polar surface area (TPSA) is 24.9 Å². The average molecular weight is 226 g/mol. The highest BCUT2D eigenvalue weighted by molar-refractivity contribution is 5.35. The number of benzene rings is 1. The Bertz CT molecular complexity index is 465. The van der Waals surface area contributed by atoms with Crippen molar-refractivity contribution in [1.29, 1.82) is 0 Å². The molecule has 0 aliphatic rings. The zero-order valence-electron chi connectivity index (χ0n) is 10.4. The number of nitrogens with one attached hydrogen (secondary N) is 1. The Morgan fingerprint density at radius 3 is 2.47 bits per heavy atom. The fourth-order valence-electron chi connectivity index (χ4n) is 2.08. The smallest absolute Gasteiger partial charge is 0.0580 e. The second kappa shape index (κ2) is 5.60. The van der Waals surface area contributed by atoms with Gasteiger partial charge in [0.05, 0.1) is 6.04 Å². The maximum Gasteiger partial charge on any atom is 0.0580 e. The molecule has 1 aromatic carbocycles. The fourth-order valence-corrected chi connectivity index (χ4v) is 2.08. The zero-order chi connectivity index (χ0) is 12.1. The lowest BCUT2D eigenvalue weighted by atomic mass is 9.96. The molecule has 0 bridgehead atoms. The Balaban J connectivity index is 2.39. The Morgan fingerprint density at radius 2 is 1.82 bits per heavy atom. The minimum Gasteiger partial charge on any atom is -0.307 e. The van der Waals surface area contributed by atoms with Gasteiger partial charge in [-0.25, -0.2) is 0 Å². The first-order chi connectivity index (χ1) is 8.33. The van der Waals surface area contributed by atoms with Crippen molar-refractivity contribution in [3.05, 3.63) is 65.5 Å². The summed E-state index contributed by atoms with van der Waals surface area (Å²) in [6.07, 6.45) is 3.69. The van der Waals surface area contributed by atoms with Crippen LogP contribution in [0.25, 0.3) is 0 Å². The molecule has 2 aromatic rings. The molecule has 1 atom stereocenters. The van der Waals surface area contributed by atoms with E-state index in [1.54, 1.807) is 0 Å². The van der Waals surface area contributed by atoms with Crippen molar-refractivity contribution in [2.24, 2.45) is 0 Å². The number of aryl methyl sites for hydroxylation is 1. The van der Waals surface area contributed by atoms with Gasteiger partial charge in [0.1, 0.15) is 0 Å². The Hall–Kier alpha value is -1.67. The van der Waals surface area contributed by atoms with Crippen LogP contribution in [0.1, 0.15) is 29.7 Å². The van der Waals surface area contributed by atoms with Crippen LogP contribution in [-0.2, 0) is 0 Å². The third-order valence-corrected chi connectivity index (χ3v) is 2.95. The van der Waals surface area contributed by atoms with E-state index in [2.05, 4.69) is 60.5 Å². The van der Waals surface area contributed by atoms with Crippen molar-refractivity contribution in [3.63, 3.8) is 0 Å². The fraction of sp³-hybridized carbons (Fsp3) is 0.267. The SMILES string of the molecule is CCNC(c1ccncc1)c1ccccc1C. The largest absolute Gasteiger partial charge is 0.307 e. The number of hydrogen-bond donors (Lipinski definition) is 1. The lowest BCUT2D eigenvalue weighted by Gasteiger charge is -2.20. The Kier molecular flexibility index (Phi) is 3.89. The first-order valence-electron chi connectivity index (χ1n) is 6.01. The molecule has 1 N–H and O–H groups in total. The van der Waals surface area contributed by atoms with Crippen LogP contribution in [0.15, 0.2) is 48.8 Å². The predicted molar refractivity (Wildman–Crippen MR) is 70.9 cm³/mol. The van der Waals surface area contributed by atoms with Crippen molar-refractivity contribution >= 4 is 0 Å². The highest BCUT2D eigenvalue weighted by atomic mass is 14.9. The molecule has 2 rings (SSSR count). The summed E-state index contributed by atoms with van der Waals surface area (Å²) in [6.45, 7) is 5.23. The van der Waals surface area contributed by atoms with Crippen molar-refractivity contribution < 1.29 is 0 Å². The van der Waals surface area contributed by atoms with Crippen molar-refractivity contribution in [3.8, 4) is 0 Å². The molecule has 1 heterocycles. The molecule has 2 nitrogen and oxygen atoms in total. The molecular weight excluding hydrogens is 208 g/mol. The van der Waals surface area contributed by atoms with Gasteiger partial charge >= 0.3 is 0 Å². The van der Waals surface area contributed by atoms with E-state index in [9.17, 15) is 0 Å². The molecule has 2 heteroatoms. The van der Waals surface area contributed by atoms with Crippen LogP contribution in [0.5, 0.6) is 0 Å². The van der Waals surface area contributed by atoms with Gasteiger partial charge < -0.3 is 5.32 Å². The Morgan fingerprint density at radius 1 is 1.12 bits per heavy atom. The lowest BCUT2D eigenvalue weighted by molar-refractivity contribution is 0.627. The van der Waals surface area contributed by atoms with Gasteiger partial charge in [0.15, 0.2) is 0 Å². The first-order valence-corrected chi connectivity index (χ1v) is 6.01. The lowest BCUT2D eigenvalue weighted by Crippen LogP contribution is -2.22. The highest BCUT2D eigenvalue weighted by Crippen LogP contribution is 2.24. The summed E-state index contributed by atoms with van der Waals surface area (Å²) in [5, 5.41) is 3.53. The molecular formula is C15H18N2. The minimum atomic E-state index is 0.254. The number of nitrogens with zero attached hydrogens (tertiary/aromatic N) is 1. The number of rotatable bonds is 4. The molecule has 0 aliphatic heterocycles. The van der Waals surface area contributed by atoms with Crippen LogP contribution in [0.2, 0.25) is 0 Å². The summed E-state index contributed by atoms with van der Waals surface area (Å²) in [4.78, 5) is 4.08. The van der Waals surface area contributed by atoms with E-state index >= 15 is 0 Å². The van der Waals surface area contributed by atoms with E-state index in [0.717, 1.165) is 6.54 Å². The van der Waals surface area contributed by atoms with Gasteiger partial charge in [-0.1, -0.05) is 31.2 Å². The van der Waals surface area contributed by atoms with E-state index in [1.165, 1.54) is 16.7 Å². The van der Waals surface area contributed by atoms with Crippen molar-refractivity contribution in [2.45, 2.75) is 19.9 Å². The summed E-state index contributed by atoms with van der Waals surface area (Å²) in [5.74, 6) is 0. The summed E-state index contributed by atoms with van der Waals surface area (Å²) in [7, 11) is 0. The molecule has 0 saturated heterocycles. The van der Waals surface area contributed by atoms with Crippen LogP contribution in [-0.4, -0.2) is 11.5 Å². The standard InChI is InChI=1S/C15H18N2/c1-3-17-15(13-8-10-16-11-9-13)14-7-5-4-6-12(14)2/h4-11,15,17H,3H2,1-2H3. The number of aromatic nitrogens is 1. The molecule has 1 aromatic heterocycles. The first kappa shape index (κ1) is 11.8. The van der Waals surface area contributed by atoms with Crippen LogP contribution < -0.4 is 5.32 Å². The third-order valence-electron chi connectivity index (χ3n) is 2.95. The van der Waals surface area contributed by atoms with E-state index in [0.29, 0.717) is 0 Å². The molecule has 0 fully saturated rings. The van der Waals surface area contributed by atoms with Crippen LogP contribution >= 0.6 is 0 Å². The predicted octanol–water partition coefficient (Wildman–Crippen LogP) is 3.09. The Labute approximate surface area is 103 Å². The van der Waals surface area contributed by atoms with E-state index in [4.69, 9.17) is 0 Å². The number of hydrogen-bond acceptors (Lipinski definition) is 2. The maximum absolute atomic E-state index is 4.08. The minimum absolute atomic E-state index is 0.254. The summed E-state index contributed by atoms with van der Waals surface area (Å²) >= 11 is 0. The van der Waals surface area contributed by atoms with E-state index in [1.807, 2.05) is 12.4 Å². The van der Waals surface area contributed by atoms with Crippen LogP contribution in [0.3, 0.4) is 0 Å². The summed E-state index contributed by atoms with van der Waals surface area (Å²) in [6, 6.07) is 12.9. The monoisotopic (exact) mass is 226 g/mol. The van der Waals surface area contributed by atoms with Gasteiger partial charge in [0, 0.05) is 12.4 Å². The molecule has 17 heavy (non-hydrogen) atoms. The van der Waals surface area contributed by atoms with Gasteiger partial charge in [-0.15, -0.1) is 0 Å². The van der Waals surface area contributed by atoms with Gasteiger partial charge in [-0.05, 0) is 42.3 Å². The molecule has 0 saturated carbocycles. The molecule has 0 radical (unpaired) electrons. The van der Waals surface area contributed by atoms with Crippen molar-refractivity contribution in [2.75, 3.05) is 6.54 Å². The molecule has 0 spiro atoms. The zero-order valence-corrected chi connectivity index (χ0v) is 10.4. The normalized spacial score (nSPS) is 12.4. The summed E-state index contributed by atoms with van der Waals surface area (Å²) in [5.41, 5.74) is 3.91. The van der Waals surface area contributed by atoms with E-state index < -0.39 is 0 Å². The van der Waals surface area contributed by atoms with Gasteiger partial charge in [0.2, 0.25) is 0 Å². The number of pyridine rings is 1. The molecule has 88 valence electrons. The molecule has 1 unspecified atom stereocenters. The second-order valence-corrected chi connectivity index (χ2v) is 4.13. The third kappa shape index (κ3) is 2.71. The average Bonchev–Trinajstić information content (AvgIpc) is 2.38. The van der Waals surface area contributed by atoms with Crippen LogP contribution in [0, 0.1) is 6.92 Å². The molecule has 0 aliphatic carbocycles. The quantitative estimate of drug-likeness (QED) is 0.866. The van der Waals surface area contributed by atoms with Gasteiger partial charge in [0.25, 0.3) is 0 Å². The van der Waals surface area contributed by atoms with Gasteiger partial charge in [-0.2, -0.15) is 0 Å². The maximum atomic E-state index is 4.08. The van der Waals surface area contributed by atoms with Crippen molar-refractivity contribution in [1.82, 2.24) is 10.3 Å². The highest BCUT2D eigenvalue weighted by Gasteiger charge is 2.13. The van der Waals surface area contributed by atoms with E-state index in [-0.39, 0.29) is 6.04 Å². The van der Waals surface area contributed by atoms with Gasteiger partial charge in [-0.3, -0.25) is 4.98 Å². The molecule has 0 amide bonds. The van der Waals surface area contributed by atoms with Crippen LogP contribution in [0.4, 0.5) is 0 Å². The second-order valence-electron chi connectivity index (χ2n) is 4.13. The summed E-state index contributed by atoms with van der Waals surface area (Å²) < 4.78 is 0.